The second-order valence-corrected chi connectivity index (χ2v) is 7.77. The summed E-state index contributed by atoms with van der Waals surface area (Å²) >= 11 is 1.63. The van der Waals surface area contributed by atoms with E-state index >= 15 is 0 Å². The fraction of sp³-hybridized carbons (Fsp3) is 0.450. The first kappa shape index (κ1) is 19.9. The fourth-order valence-corrected chi connectivity index (χ4v) is 4.60. The van der Waals surface area contributed by atoms with E-state index in [2.05, 4.69) is 22.0 Å². The van der Waals surface area contributed by atoms with Crippen LogP contribution in [-0.2, 0) is 0 Å². The lowest BCUT2D eigenvalue weighted by molar-refractivity contribution is 0.0749. The first-order chi connectivity index (χ1) is 13.0. The van der Waals surface area contributed by atoms with Gasteiger partial charge in [-0.05, 0) is 37.0 Å². The molecule has 1 saturated heterocycles. The number of piperazine rings is 1. The lowest BCUT2D eigenvalue weighted by Gasteiger charge is -2.41. The molecule has 1 aromatic heterocycles. The van der Waals surface area contributed by atoms with Gasteiger partial charge in [-0.25, -0.2) is 8.78 Å². The molecule has 0 aliphatic carbocycles. The van der Waals surface area contributed by atoms with Crippen molar-refractivity contribution in [2.75, 3.05) is 32.7 Å². The lowest BCUT2D eigenvalue weighted by Crippen LogP contribution is -2.52. The number of nitrogens with one attached hydrogen (secondary N) is 1. The van der Waals surface area contributed by atoms with E-state index in [1.54, 1.807) is 11.3 Å². The average molecular weight is 394 g/mol. The molecule has 1 N–H and O–H groups in total. The Labute approximate surface area is 162 Å². The summed E-state index contributed by atoms with van der Waals surface area (Å²) in [7, 11) is 0. The van der Waals surface area contributed by atoms with Crippen LogP contribution in [0.5, 0.6) is 0 Å². The van der Waals surface area contributed by atoms with Gasteiger partial charge in [-0.15, -0.1) is 11.3 Å². The summed E-state index contributed by atoms with van der Waals surface area (Å²) in [5.74, 6) is -2.40. The monoisotopic (exact) mass is 393 g/mol. The van der Waals surface area contributed by atoms with Gasteiger partial charge in [0.15, 0.2) is 0 Å². The van der Waals surface area contributed by atoms with Gasteiger partial charge in [-0.2, -0.15) is 0 Å². The Bertz CT molecular complexity index is 740. The van der Waals surface area contributed by atoms with E-state index in [9.17, 15) is 13.6 Å². The van der Waals surface area contributed by atoms with Crippen LogP contribution in [0.4, 0.5) is 8.78 Å². The fourth-order valence-electron chi connectivity index (χ4n) is 3.63. The number of carbonyl (C=O) groups is 1. The first-order valence-corrected chi connectivity index (χ1v) is 10.1. The Morgan fingerprint density at radius 3 is 2.37 bits per heavy atom. The van der Waals surface area contributed by atoms with Crippen molar-refractivity contribution in [1.82, 2.24) is 15.1 Å². The van der Waals surface area contributed by atoms with Crippen LogP contribution in [0.25, 0.3) is 0 Å². The zero-order chi connectivity index (χ0) is 19.4. The molecule has 0 saturated carbocycles. The predicted octanol–water partition coefficient (Wildman–Crippen LogP) is 3.52. The highest BCUT2D eigenvalue weighted by Crippen LogP contribution is 2.29. The van der Waals surface area contributed by atoms with Crippen LogP contribution in [-0.4, -0.2) is 54.5 Å². The summed E-state index contributed by atoms with van der Waals surface area (Å²) in [5, 5.41) is 4.83. The lowest BCUT2D eigenvalue weighted by atomic mass is 10.0. The molecule has 0 bridgehead atoms. The van der Waals surface area contributed by atoms with Crippen LogP contribution in [0, 0.1) is 11.6 Å². The Morgan fingerprint density at radius 2 is 1.81 bits per heavy atom. The maximum atomic E-state index is 13.9. The van der Waals surface area contributed by atoms with Crippen molar-refractivity contribution in [3.63, 3.8) is 0 Å². The third-order valence-electron chi connectivity index (χ3n) is 5.10. The molecule has 0 unspecified atom stereocenters. The third-order valence-corrected chi connectivity index (χ3v) is 6.05. The van der Waals surface area contributed by atoms with Crippen LogP contribution in [0.3, 0.4) is 0 Å². The van der Waals surface area contributed by atoms with Crippen LogP contribution < -0.4 is 5.32 Å². The minimum atomic E-state index is -0.844. The van der Waals surface area contributed by atoms with Crippen molar-refractivity contribution in [3.8, 4) is 0 Å². The Hall–Kier alpha value is -1.83. The molecule has 146 valence electrons. The van der Waals surface area contributed by atoms with Crippen LogP contribution in [0.1, 0.15) is 35.1 Å². The largest absolute Gasteiger partial charge is 0.347 e. The van der Waals surface area contributed by atoms with E-state index in [1.807, 2.05) is 24.4 Å². The van der Waals surface area contributed by atoms with Gasteiger partial charge in [-0.1, -0.05) is 19.1 Å². The van der Waals surface area contributed by atoms with Gasteiger partial charge in [-0.3, -0.25) is 9.69 Å². The highest BCUT2D eigenvalue weighted by Gasteiger charge is 2.31. The van der Waals surface area contributed by atoms with Crippen LogP contribution in [0.15, 0.2) is 35.7 Å². The second kappa shape index (κ2) is 8.91. The number of amides is 1. The van der Waals surface area contributed by atoms with Gasteiger partial charge in [0.05, 0.1) is 6.04 Å². The summed E-state index contributed by atoms with van der Waals surface area (Å²) in [6, 6.07) is 7.18. The van der Waals surface area contributed by atoms with Gasteiger partial charge in [0.1, 0.15) is 17.2 Å². The number of benzene rings is 1. The Balaban J connectivity index is 1.77. The number of nitrogens with zero attached hydrogens (tertiary/aromatic N) is 2. The Kier molecular flexibility index (Phi) is 6.57. The van der Waals surface area contributed by atoms with Gasteiger partial charge in [0.2, 0.25) is 0 Å². The summed E-state index contributed by atoms with van der Waals surface area (Å²) in [6.45, 7) is 8.80. The number of carbonyl (C=O) groups excluding carboxylic acids is 1. The number of hydrogen-bond acceptors (Lipinski definition) is 4. The molecule has 2 heterocycles. The van der Waals surface area contributed by atoms with Gasteiger partial charge in [0.25, 0.3) is 5.91 Å². The molecule has 1 aliphatic heterocycles. The van der Waals surface area contributed by atoms with Crippen molar-refractivity contribution >= 4 is 17.2 Å². The van der Waals surface area contributed by atoms with Crippen molar-refractivity contribution in [3.05, 3.63) is 57.8 Å². The number of thiophene rings is 1. The van der Waals surface area contributed by atoms with E-state index < -0.39 is 23.1 Å². The molecular formula is C20H25F2N3OS. The van der Waals surface area contributed by atoms with Crippen LogP contribution >= 0.6 is 11.3 Å². The maximum absolute atomic E-state index is 13.9. The molecule has 1 aromatic carbocycles. The number of halogens is 2. The second-order valence-electron chi connectivity index (χ2n) is 6.79. The van der Waals surface area contributed by atoms with Gasteiger partial charge >= 0.3 is 0 Å². The Morgan fingerprint density at radius 1 is 1.15 bits per heavy atom. The molecule has 3 rings (SSSR count). The summed E-state index contributed by atoms with van der Waals surface area (Å²) in [4.78, 5) is 18.4. The van der Waals surface area contributed by atoms with Crippen molar-refractivity contribution in [2.24, 2.45) is 0 Å². The normalized spacial score (nSPS) is 18.2. The molecule has 0 spiro atoms. The van der Waals surface area contributed by atoms with Gasteiger partial charge < -0.3 is 10.2 Å². The zero-order valence-corrected chi connectivity index (χ0v) is 16.4. The molecule has 27 heavy (non-hydrogen) atoms. The van der Waals surface area contributed by atoms with E-state index in [-0.39, 0.29) is 12.1 Å². The smallest absolute Gasteiger partial charge is 0.257 e. The summed E-state index contributed by atoms with van der Waals surface area (Å²) in [5.41, 5.74) is -0.523. The number of rotatable bonds is 6. The van der Waals surface area contributed by atoms with Crippen LogP contribution in [0.2, 0.25) is 0 Å². The SMILES string of the molecule is CCN1CCN([C@H](c2cccs2)[C@@H](C)NC(=O)c2c(F)cccc2F)CC1. The summed E-state index contributed by atoms with van der Waals surface area (Å²) in [6.07, 6.45) is 0. The molecule has 2 aromatic rings. The third kappa shape index (κ3) is 4.54. The van der Waals surface area contributed by atoms with E-state index in [1.165, 1.54) is 6.07 Å². The zero-order valence-electron chi connectivity index (χ0n) is 15.6. The quantitative estimate of drug-likeness (QED) is 0.816. The minimum absolute atomic E-state index is 0.0252. The molecular weight excluding hydrogens is 368 g/mol. The molecule has 0 radical (unpaired) electrons. The maximum Gasteiger partial charge on any atom is 0.257 e. The minimum Gasteiger partial charge on any atom is -0.347 e. The molecule has 1 fully saturated rings. The molecule has 7 heteroatoms. The highest BCUT2D eigenvalue weighted by atomic mass is 32.1. The molecule has 2 atom stereocenters. The molecule has 1 amide bonds. The standard InChI is InChI=1S/C20H25F2N3OS/c1-3-24-9-11-25(12-10-24)19(17-8-5-13-27-17)14(2)23-20(26)18-15(21)6-4-7-16(18)22/h4-8,13-14,19H,3,9-12H2,1-2H3,(H,23,26)/t14-,19+/m1/s1. The molecule has 1 aliphatic rings. The van der Waals surface area contributed by atoms with E-state index in [0.29, 0.717) is 0 Å². The molecule has 4 nitrogen and oxygen atoms in total. The summed E-state index contributed by atoms with van der Waals surface area (Å²) < 4.78 is 27.9. The van der Waals surface area contributed by atoms with Crippen molar-refractivity contribution in [1.29, 1.82) is 0 Å². The highest BCUT2D eigenvalue weighted by molar-refractivity contribution is 7.10. The van der Waals surface area contributed by atoms with Gasteiger partial charge in [0, 0.05) is 37.1 Å². The van der Waals surface area contributed by atoms with Crippen molar-refractivity contribution in [2.45, 2.75) is 25.9 Å². The predicted molar refractivity (Wildman–Crippen MR) is 104 cm³/mol. The van der Waals surface area contributed by atoms with E-state index in [4.69, 9.17) is 0 Å². The number of likely N-dealkylation sites (N-methyl/N-ethyl adjacent to an activating group) is 1. The first-order valence-electron chi connectivity index (χ1n) is 9.26. The van der Waals surface area contributed by atoms with E-state index in [0.717, 1.165) is 49.7 Å². The number of hydrogen-bond donors (Lipinski definition) is 1. The topological polar surface area (TPSA) is 35.6 Å². The van der Waals surface area contributed by atoms with Crippen molar-refractivity contribution < 1.29 is 13.6 Å². The average Bonchev–Trinajstić information content (AvgIpc) is 3.16.